The SMILES string of the molecule is O=C(O/N=C(\CCn1ccnc1)c1ccccc1)c1ccc(Cl)cc1. The molecule has 0 radical (unpaired) electrons. The van der Waals surface area contributed by atoms with Crippen molar-refractivity contribution < 1.29 is 9.63 Å². The van der Waals surface area contributed by atoms with Crippen molar-refractivity contribution in [3.8, 4) is 0 Å². The van der Waals surface area contributed by atoms with Gasteiger partial charge in [-0.3, -0.25) is 0 Å². The molecule has 0 amide bonds. The highest BCUT2D eigenvalue weighted by Crippen LogP contribution is 2.12. The molecule has 25 heavy (non-hydrogen) atoms. The zero-order valence-electron chi connectivity index (χ0n) is 13.4. The summed E-state index contributed by atoms with van der Waals surface area (Å²) < 4.78 is 1.94. The second-order valence-electron chi connectivity index (χ2n) is 5.34. The number of hydrogen-bond acceptors (Lipinski definition) is 4. The van der Waals surface area contributed by atoms with E-state index in [-0.39, 0.29) is 0 Å². The average molecular weight is 354 g/mol. The summed E-state index contributed by atoms with van der Waals surface area (Å²) in [6.07, 6.45) is 5.94. The van der Waals surface area contributed by atoms with E-state index in [1.807, 2.05) is 41.1 Å². The van der Waals surface area contributed by atoms with Gasteiger partial charge in [-0.25, -0.2) is 9.78 Å². The molecule has 3 aromatic rings. The van der Waals surface area contributed by atoms with Crippen molar-refractivity contribution in [1.82, 2.24) is 9.55 Å². The van der Waals surface area contributed by atoms with Gasteiger partial charge in [0.15, 0.2) is 0 Å². The Kier molecular flexibility index (Phi) is 5.59. The van der Waals surface area contributed by atoms with Gasteiger partial charge in [0.05, 0.1) is 17.6 Å². The summed E-state index contributed by atoms with van der Waals surface area (Å²) in [5, 5.41) is 4.65. The fourth-order valence-corrected chi connectivity index (χ4v) is 2.39. The van der Waals surface area contributed by atoms with Gasteiger partial charge in [-0.2, -0.15) is 0 Å². The molecule has 0 saturated carbocycles. The lowest BCUT2D eigenvalue weighted by Gasteiger charge is -2.07. The van der Waals surface area contributed by atoms with E-state index in [1.54, 1.807) is 36.8 Å². The lowest BCUT2D eigenvalue weighted by atomic mass is 10.1. The molecule has 6 heteroatoms. The number of imidazole rings is 1. The maximum Gasteiger partial charge on any atom is 0.365 e. The van der Waals surface area contributed by atoms with Crippen molar-refractivity contribution in [2.75, 3.05) is 0 Å². The van der Waals surface area contributed by atoms with E-state index < -0.39 is 5.97 Å². The zero-order valence-corrected chi connectivity index (χ0v) is 14.1. The van der Waals surface area contributed by atoms with Crippen molar-refractivity contribution in [2.45, 2.75) is 13.0 Å². The van der Waals surface area contributed by atoms with Crippen LogP contribution >= 0.6 is 11.6 Å². The Hall–Kier alpha value is -2.92. The molecular formula is C19H16ClN3O2. The first-order valence-electron chi connectivity index (χ1n) is 7.77. The number of aromatic nitrogens is 2. The van der Waals surface area contributed by atoms with Crippen LogP contribution < -0.4 is 0 Å². The van der Waals surface area contributed by atoms with Crippen molar-refractivity contribution in [3.63, 3.8) is 0 Å². The summed E-state index contributed by atoms with van der Waals surface area (Å²) in [6.45, 7) is 0.687. The molecular weight excluding hydrogens is 338 g/mol. The predicted octanol–water partition coefficient (Wildman–Crippen LogP) is 4.19. The third-order valence-corrected chi connectivity index (χ3v) is 3.84. The Balaban J connectivity index is 1.74. The number of carbonyl (C=O) groups is 1. The number of aryl methyl sites for hydroxylation is 1. The van der Waals surface area contributed by atoms with Gasteiger partial charge in [-0.15, -0.1) is 0 Å². The fraction of sp³-hybridized carbons (Fsp3) is 0.105. The maximum atomic E-state index is 12.1. The van der Waals surface area contributed by atoms with Gasteiger partial charge < -0.3 is 9.40 Å². The van der Waals surface area contributed by atoms with Gasteiger partial charge in [0.25, 0.3) is 0 Å². The maximum absolute atomic E-state index is 12.1. The number of hydrogen-bond donors (Lipinski definition) is 0. The highest BCUT2D eigenvalue weighted by molar-refractivity contribution is 6.30. The average Bonchev–Trinajstić information content (AvgIpc) is 3.16. The van der Waals surface area contributed by atoms with Crippen LogP contribution in [0.1, 0.15) is 22.3 Å². The molecule has 0 saturated heterocycles. The smallest absolute Gasteiger partial charge is 0.337 e. The Bertz CT molecular complexity index is 844. The first-order valence-corrected chi connectivity index (χ1v) is 8.15. The highest BCUT2D eigenvalue weighted by Gasteiger charge is 2.10. The minimum atomic E-state index is -0.521. The summed E-state index contributed by atoms with van der Waals surface area (Å²) in [7, 11) is 0. The minimum absolute atomic E-state index is 0.398. The summed E-state index contributed by atoms with van der Waals surface area (Å²) in [4.78, 5) is 21.3. The van der Waals surface area contributed by atoms with Gasteiger partial charge in [0, 0.05) is 30.4 Å². The van der Waals surface area contributed by atoms with Gasteiger partial charge >= 0.3 is 5.97 Å². The Labute approximate surface area is 150 Å². The Morgan fingerprint density at radius 1 is 1.08 bits per heavy atom. The largest absolute Gasteiger partial charge is 0.365 e. The molecule has 1 heterocycles. The van der Waals surface area contributed by atoms with Crippen LogP contribution in [0, 0.1) is 0 Å². The highest BCUT2D eigenvalue weighted by atomic mass is 35.5. The summed E-state index contributed by atoms with van der Waals surface area (Å²) in [5.74, 6) is -0.521. The van der Waals surface area contributed by atoms with E-state index in [1.165, 1.54) is 0 Å². The lowest BCUT2D eigenvalue weighted by Crippen LogP contribution is -2.09. The molecule has 126 valence electrons. The molecule has 0 unspecified atom stereocenters. The molecule has 0 bridgehead atoms. The summed E-state index contributed by atoms with van der Waals surface area (Å²) in [6, 6.07) is 16.1. The van der Waals surface area contributed by atoms with Crippen molar-refractivity contribution in [3.05, 3.63) is 89.5 Å². The molecule has 3 rings (SSSR count). The molecule has 0 aliphatic heterocycles. The Morgan fingerprint density at radius 3 is 2.52 bits per heavy atom. The number of nitrogens with zero attached hydrogens (tertiary/aromatic N) is 3. The standard InChI is InChI=1S/C19H16ClN3O2/c20-17-8-6-16(7-9-17)19(24)25-22-18(15-4-2-1-3-5-15)10-12-23-13-11-21-14-23/h1-9,11,13-14H,10,12H2/b22-18+. The van der Waals surface area contributed by atoms with Crippen LogP contribution in [-0.4, -0.2) is 21.2 Å². The van der Waals surface area contributed by atoms with Crippen LogP contribution in [0.3, 0.4) is 0 Å². The van der Waals surface area contributed by atoms with E-state index >= 15 is 0 Å². The first-order chi connectivity index (χ1) is 12.2. The van der Waals surface area contributed by atoms with Crippen molar-refractivity contribution >= 4 is 23.3 Å². The molecule has 2 aromatic carbocycles. The lowest BCUT2D eigenvalue weighted by molar-refractivity contribution is 0.0515. The fourth-order valence-electron chi connectivity index (χ4n) is 2.26. The number of oxime groups is 1. The van der Waals surface area contributed by atoms with Crippen molar-refractivity contribution in [1.29, 1.82) is 0 Å². The van der Waals surface area contributed by atoms with E-state index in [2.05, 4.69) is 10.1 Å². The quantitative estimate of drug-likeness (QED) is 0.379. The predicted molar refractivity (Wildman–Crippen MR) is 96.7 cm³/mol. The second-order valence-corrected chi connectivity index (χ2v) is 5.78. The molecule has 0 fully saturated rings. The minimum Gasteiger partial charge on any atom is -0.337 e. The summed E-state index contributed by atoms with van der Waals surface area (Å²) >= 11 is 5.83. The number of benzene rings is 2. The third kappa shape index (κ3) is 4.78. The van der Waals surface area contributed by atoms with Crippen LogP contribution in [-0.2, 0) is 11.4 Å². The summed E-state index contributed by atoms with van der Waals surface area (Å²) in [5.41, 5.74) is 2.00. The van der Waals surface area contributed by atoms with Gasteiger partial charge in [-0.1, -0.05) is 47.1 Å². The topological polar surface area (TPSA) is 56.5 Å². The van der Waals surface area contributed by atoms with E-state index in [0.717, 1.165) is 5.56 Å². The van der Waals surface area contributed by atoms with Crippen molar-refractivity contribution in [2.24, 2.45) is 5.16 Å². The monoisotopic (exact) mass is 353 g/mol. The molecule has 0 spiro atoms. The second kappa shape index (κ2) is 8.26. The molecule has 0 N–H and O–H groups in total. The van der Waals surface area contributed by atoms with Crippen LogP contribution in [0.25, 0.3) is 0 Å². The number of rotatable bonds is 6. The van der Waals surface area contributed by atoms with E-state index in [0.29, 0.717) is 29.3 Å². The van der Waals surface area contributed by atoms with E-state index in [9.17, 15) is 4.79 Å². The molecule has 0 aliphatic carbocycles. The van der Waals surface area contributed by atoms with E-state index in [4.69, 9.17) is 16.4 Å². The first kappa shape index (κ1) is 16.9. The zero-order chi connectivity index (χ0) is 17.5. The molecule has 5 nitrogen and oxygen atoms in total. The van der Waals surface area contributed by atoms with Gasteiger partial charge in [0.1, 0.15) is 0 Å². The molecule has 1 aromatic heterocycles. The molecule has 0 atom stereocenters. The number of halogens is 1. The normalized spacial score (nSPS) is 11.3. The van der Waals surface area contributed by atoms with Crippen LogP contribution in [0.2, 0.25) is 5.02 Å². The number of carbonyl (C=O) groups excluding carboxylic acids is 1. The molecule has 0 aliphatic rings. The third-order valence-electron chi connectivity index (χ3n) is 3.59. The van der Waals surface area contributed by atoms with Crippen LogP contribution in [0.5, 0.6) is 0 Å². The van der Waals surface area contributed by atoms with Gasteiger partial charge in [0.2, 0.25) is 0 Å². The van der Waals surface area contributed by atoms with Crippen LogP contribution in [0.4, 0.5) is 0 Å². The van der Waals surface area contributed by atoms with Gasteiger partial charge in [-0.05, 0) is 29.8 Å². The van der Waals surface area contributed by atoms with Crippen LogP contribution in [0.15, 0.2) is 78.5 Å². The Morgan fingerprint density at radius 2 is 1.84 bits per heavy atom.